The number of carbonyl (C=O) groups is 2. The van der Waals surface area contributed by atoms with Gasteiger partial charge in [0.15, 0.2) is 0 Å². The Morgan fingerprint density at radius 3 is 2.31 bits per heavy atom. The fraction of sp³-hybridized carbons (Fsp3) is 0.500. The van der Waals surface area contributed by atoms with Gasteiger partial charge in [-0.05, 0) is 99.9 Å². The third-order valence-corrected chi connectivity index (χ3v) is 9.82. The number of fused-ring (bicyclic) bond motifs is 1. The van der Waals surface area contributed by atoms with Gasteiger partial charge < -0.3 is 14.4 Å². The predicted molar refractivity (Wildman–Crippen MR) is 188 cm³/mol. The summed E-state index contributed by atoms with van der Waals surface area (Å²) in [6.45, 7) is 17.0. The molecular weight excluding hydrogens is 626 g/mol. The molecule has 0 spiro atoms. The van der Waals surface area contributed by atoms with Gasteiger partial charge in [-0.3, -0.25) is 9.80 Å². The van der Waals surface area contributed by atoms with Crippen LogP contribution in [0.2, 0.25) is 5.02 Å². The van der Waals surface area contributed by atoms with Gasteiger partial charge in [-0.15, -0.1) is 0 Å². The molecule has 9 nitrogen and oxygen atoms in total. The summed E-state index contributed by atoms with van der Waals surface area (Å²) >= 11 is 6.28. The molecule has 1 amide bonds. The lowest BCUT2D eigenvalue weighted by atomic mass is 9.71. The number of piperazine rings is 1. The van der Waals surface area contributed by atoms with Gasteiger partial charge in [-0.25, -0.2) is 14.3 Å². The van der Waals surface area contributed by atoms with Crippen molar-refractivity contribution < 1.29 is 19.1 Å². The minimum Gasteiger partial charge on any atom is -0.462 e. The lowest BCUT2D eigenvalue weighted by molar-refractivity contribution is 0.0104. The second kappa shape index (κ2) is 14.1. The van der Waals surface area contributed by atoms with Gasteiger partial charge in [0.2, 0.25) is 0 Å². The number of hydrogen-bond donors (Lipinski definition) is 0. The molecule has 1 aliphatic carbocycles. The molecule has 10 heteroatoms. The Balaban J connectivity index is 1.12. The first-order valence-corrected chi connectivity index (χ1v) is 17.5. The number of hydrogen-bond acceptors (Lipinski definition) is 7. The van der Waals surface area contributed by atoms with E-state index in [9.17, 15) is 9.59 Å². The zero-order valence-corrected chi connectivity index (χ0v) is 29.7. The summed E-state index contributed by atoms with van der Waals surface area (Å²) in [5.41, 5.74) is 7.64. The van der Waals surface area contributed by atoms with Crippen LogP contribution in [0.4, 0.5) is 4.79 Å². The molecule has 48 heavy (non-hydrogen) atoms. The summed E-state index contributed by atoms with van der Waals surface area (Å²) in [7, 11) is 0. The molecule has 0 radical (unpaired) electrons. The van der Waals surface area contributed by atoms with Gasteiger partial charge in [0, 0.05) is 69.1 Å². The highest BCUT2D eigenvalue weighted by atomic mass is 35.5. The lowest BCUT2D eigenvalue weighted by Gasteiger charge is -2.43. The molecule has 2 aliphatic heterocycles. The highest BCUT2D eigenvalue weighted by Gasteiger charge is 2.36. The maximum absolute atomic E-state index is 12.6. The average molecular weight is 674 g/mol. The molecule has 256 valence electrons. The Morgan fingerprint density at radius 2 is 1.67 bits per heavy atom. The topological polar surface area (TPSA) is 80.1 Å². The molecule has 0 N–H and O–H groups in total. The molecule has 6 rings (SSSR count). The Bertz CT molecular complexity index is 1630. The van der Waals surface area contributed by atoms with Gasteiger partial charge in [0.05, 0.1) is 23.6 Å². The maximum atomic E-state index is 12.6. The number of amides is 1. The SMILES string of the molecule is CCOC(=O)c1ccc(-n2cc3c(n2)CN(CC2=C(c4ccc(Cl)cc4)CC[C@@](C)(CN4CCN(C(=O)OC(C)(C)C)CC4)C2)C3)cc1. The zero-order valence-electron chi connectivity index (χ0n) is 28.9. The smallest absolute Gasteiger partial charge is 0.410 e. The van der Waals surface area contributed by atoms with Gasteiger partial charge in [0.1, 0.15) is 5.60 Å². The second-order valence-corrected chi connectivity index (χ2v) is 15.2. The third-order valence-electron chi connectivity index (χ3n) is 9.57. The van der Waals surface area contributed by atoms with E-state index in [1.165, 1.54) is 22.3 Å². The summed E-state index contributed by atoms with van der Waals surface area (Å²) < 4.78 is 12.6. The summed E-state index contributed by atoms with van der Waals surface area (Å²) in [6, 6.07) is 15.7. The third kappa shape index (κ3) is 8.13. The van der Waals surface area contributed by atoms with E-state index < -0.39 is 5.60 Å². The summed E-state index contributed by atoms with van der Waals surface area (Å²) in [4.78, 5) is 31.6. The van der Waals surface area contributed by atoms with Crippen molar-refractivity contribution >= 4 is 29.2 Å². The predicted octanol–water partition coefficient (Wildman–Crippen LogP) is 7.21. The van der Waals surface area contributed by atoms with E-state index in [0.717, 1.165) is 74.9 Å². The maximum Gasteiger partial charge on any atom is 0.410 e. The number of aromatic nitrogens is 2. The number of allylic oxidation sites excluding steroid dienone is 1. The first-order valence-electron chi connectivity index (χ1n) is 17.1. The number of ether oxygens (including phenoxy) is 2. The number of nitrogens with zero attached hydrogens (tertiary/aromatic N) is 5. The van der Waals surface area contributed by atoms with Crippen LogP contribution < -0.4 is 0 Å². The molecule has 0 unspecified atom stereocenters. The Kier molecular flexibility index (Phi) is 10.0. The van der Waals surface area contributed by atoms with Crippen LogP contribution in [0.5, 0.6) is 0 Å². The average Bonchev–Trinajstić information content (AvgIpc) is 3.60. The lowest BCUT2D eigenvalue weighted by Crippen LogP contribution is -2.52. The van der Waals surface area contributed by atoms with Crippen molar-refractivity contribution in [1.29, 1.82) is 0 Å². The van der Waals surface area contributed by atoms with E-state index in [1.807, 2.05) is 61.5 Å². The normalized spacial score (nSPS) is 20.6. The van der Waals surface area contributed by atoms with Crippen molar-refractivity contribution in [1.82, 2.24) is 24.5 Å². The highest BCUT2D eigenvalue weighted by Crippen LogP contribution is 2.44. The summed E-state index contributed by atoms with van der Waals surface area (Å²) in [5, 5.41) is 5.68. The van der Waals surface area contributed by atoms with Crippen molar-refractivity contribution in [2.75, 3.05) is 45.9 Å². The van der Waals surface area contributed by atoms with Crippen LogP contribution in [0.1, 0.15) is 81.1 Å². The van der Waals surface area contributed by atoms with E-state index in [4.69, 9.17) is 26.2 Å². The molecule has 1 fully saturated rings. The molecule has 3 aliphatic rings. The van der Waals surface area contributed by atoms with E-state index in [1.54, 1.807) is 12.1 Å². The molecule has 0 saturated carbocycles. The van der Waals surface area contributed by atoms with E-state index in [0.29, 0.717) is 25.3 Å². The Labute approximate surface area is 289 Å². The fourth-order valence-corrected chi connectivity index (χ4v) is 7.38. The van der Waals surface area contributed by atoms with Crippen LogP contribution in [0.3, 0.4) is 0 Å². The molecular formula is C38H48ClN5O4. The van der Waals surface area contributed by atoms with Crippen molar-refractivity contribution in [2.45, 2.75) is 72.6 Å². The van der Waals surface area contributed by atoms with Gasteiger partial charge in [-0.1, -0.05) is 36.2 Å². The monoisotopic (exact) mass is 673 g/mol. The number of carbonyl (C=O) groups excluding carboxylic acids is 2. The number of esters is 1. The first kappa shape index (κ1) is 34.2. The first-order chi connectivity index (χ1) is 22.9. The minimum absolute atomic E-state index is 0.137. The Hall–Kier alpha value is -3.66. The van der Waals surface area contributed by atoms with Crippen LogP contribution in [0, 0.1) is 5.41 Å². The van der Waals surface area contributed by atoms with Crippen molar-refractivity contribution in [2.24, 2.45) is 5.41 Å². The molecule has 0 bridgehead atoms. The van der Waals surface area contributed by atoms with E-state index in [-0.39, 0.29) is 17.5 Å². The Morgan fingerprint density at radius 1 is 0.958 bits per heavy atom. The van der Waals surface area contributed by atoms with Crippen molar-refractivity contribution in [3.63, 3.8) is 0 Å². The molecule has 1 saturated heterocycles. The number of rotatable bonds is 8. The number of benzene rings is 2. The molecule has 2 aromatic carbocycles. The van der Waals surface area contributed by atoms with Crippen LogP contribution in [-0.2, 0) is 22.6 Å². The highest BCUT2D eigenvalue weighted by molar-refractivity contribution is 6.30. The van der Waals surface area contributed by atoms with Gasteiger partial charge >= 0.3 is 12.1 Å². The van der Waals surface area contributed by atoms with Crippen molar-refractivity contribution in [3.05, 3.63) is 87.7 Å². The van der Waals surface area contributed by atoms with Gasteiger partial charge in [-0.2, -0.15) is 5.10 Å². The van der Waals surface area contributed by atoms with Crippen molar-refractivity contribution in [3.8, 4) is 5.69 Å². The van der Waals surface area contributed by atoms with E-state index in [2.05, 4.69) is 35.1 Å². The van der Waals surface area contributed by atoms with Crippen LogP contribution in [0.15, 0.2) is 60.3 Å². The quantitative estimate of drug-likeness (QED) is 0.234. The standard InChI is InChI=1S/C38H48ClN5O4/c1-6-47-35(45)28-9-13-32(14-10-28)44-24-30-23-42(25-34(30)40-44)22-29-21-38(5,16-15-33(29)27-7-11-31(39)12-8-27)26-41-17-19-43(20-18-41)36(46)48-37(2,3)4/h7-14,24H,6,15-23,25-26H2,1-5H3/t38-/m1/s1. The zero-order chi connectivity index (χ0) is 34.1. The number of halogens is 1. The minimum atomic E-state index is -0.482. The summed E-state index contributed by atoms with van der Waals surface area (Å²) in [5.74, 6) is -0.311. The van der Waals surface area contributed by atoms with Crippen LogP contribution in [-0.4, -0.2) is 88.0 Å². The summed E-state index contributed by atoms with van der Waals surface area (Å²) in [6.07, 6.45) is 5.07. The molecule has 3 aromatic rings. The van der Waals surface area contributed by atoms with Gasteiger partial charge in [0.25, 0.3) is 0 Å². The molecule has 1 atom stereocenters. The fourth-order valence-electron chi connectivity index (χ4n) is 7.25. The van der Waals surface area contributed by atoms with E-state index >= 15 is 0 Å². The van der Waals surface area contributed by atoms with Crippen LogP contribution >= 0.6 is 11.6 Å². The molecule has 1 aromatic heterocycles. The molecule has 3 heterocycles. The van der Waals surface area contributed by atoms with Crippen LogP contribution in [0.25, 0.3) is 11.3 Å². The second-order valence-electron chi connectivity index (χ2n) is 14.8. The largest absolute Gasteiger partial charge is 0.462 e.